The van der Waals surface area contributed by atoms with Gasteiger partial charge in [0.25, 0.3) is 0 Å². The third-order valence-corrected chi connectivity index (χ3v) is 3.17. The minimum Gasteiger partial charge on any atom is -0.409 e. The highest BCUT2D eigenvalue weighted by Crippen LogP contribution is 2.11. The SMILES string of the molecule is CC(C)C(C(=O)NCCCc1ccccc1)C(N)=NO. The molecule has 0 radical (unpaired) electrons. The molecule has 5 nitrogen and oxygen atoms in total. The van der Waals surface area contributed by atoms with Crippen molar-refractivity contribution in [2.45, 2.75) is 26.7 Å². The molecule has 0 spiro atoms. The lowest BCUT2D eigenvalue weighted by Gasteiger charge is -2.18. The first-order valence-corrected chi connectivity index (χ1v) is 6.85. The number of hydrogen-bond acceptors (Lipinski definition) is 3. The Morgan fingerprint density at radius 2 is 2.00 bits per heavy atom. The van der Waals surface area contributed by atoms with Crippen LogP contribution in [0.25, 0.3) is 0 Å². The lowest BCUT2D eigenvalue weighted by Crippen LogP contribution is -2.42. The number of nitrogens with zero attached hydrogens (tertiary/aromatic N) is 1. The van der Waals surface area contributed by atoms with E-state index < -0.39 is 5.92 Å². The second-order valence-corrected chi connectivity index (χ2v) is 5.13. The summed E-state index contributed by atoms with van der Waals surface area (Å²) in [4.78, 5) is 12.0. The topological polar surface area (TPSA) is 87.7 Å². The summed E-state index contributed by atoms with van der Waals surface area (Å²) < 4.78 is 0. The molecule has 0 aliphatic heterocycles. The van der Waals surface area contributed by atoms with Gasteiger partial charge in [-0.25, -0.2) is 0 Å². The summed E-state index contributed by atoms with van der Waals surface area (Å²) in [6.45, 7) is 4.31. The molecule has 20 heavy (non-hydrogen) atoms. The van der Waals surface area contributed by atoms with Gasteiger partial charge in [0.2, 0.25) is 5.91 Å². The molecule has 5 heteroatoms. The molecule has 0 saturated heterocycles. The Bertz CT molecular complexity index is 444. The van der Waals surface area contributed by atoms with Gasteiger partial charge in [-0.1, -0.05) is 49.3 Å². The van der Waals surface area contributed by atoms with Crippen molar-refractivity contribution in [3.05, 3.63) is 35.9 Å². The van der Waals surface area contributed by atoms with E-state index in [1.54, 1.807) is 0 Å². The first-order valence-electron chi connectivity index (χ1n) is 6.85. The molecule has 0 aliphatic carbocycles. The molecule has 0 bridgehead atoms. The predicted octanol–water partition coefficient (Wildman–Crippen LogP) is 1.75. The minimum absolute atomic E-state index is 0.0139. The summed E-state index contributed by atoms with van der Waals surface area (Å²) >= 11 is 0. The molecule has 0 aliphatic rings. The van der Waals surface area contributed by atoms with Crippen LogP contribution in [0.3, 0.4) is 0 Å². The number of amides is 1. The molecule has 1 aromatic carbocycles. The highest BCUT2D eigenvalue weighted by Gasteiger charge is 2.26. The molecule has 1 unspecified atom stereocenters. The van der Waals surface area contributed by atoms with E-state index in [1.165, 1.54) is 5.56 Å². The fourth-order valence-corrected chi connectivity index (χ4v) is 2.10. The van der Waals surface area contributed by atoms with Crippen LogP contribution in [0.4, 0.5) is 0 Å². The summed E-state index contributed by atoms with van der Waals surface area (Å²) in [7, 11) is 0. The number of nitrogens with one attached hydrogen (secondary N) is 1. The average Bonchev–Trinajstić information content (AvgIpc) is 2.44. The monoisotopic (exact) mass is 277 g/mol. The molecule has 1 rings (SSSR count). The number of carbonyl (C=O) groups excluding carboxylic acids is 1. The summed E-state index contributed by atoms with van der Waals surface area (Å²) in [5, 5.41) is 14.5. The zero-order valence-electron chi connectivity index (χ0n) is 12.0. The molecular weight excluding hydrogens is 254 g/mol. The fourth-order valence-electron chi connectivity index (χ4n) is 2.10. The number of benzene rings is 1. The Hall–Kier alpha value is -2.04. The number of oxime groups is 1. The maximum atomic E-state index is 12.0. The average molecular weight is 277 g/mol. The van der Waals surface area contributed by atoms with Gasteiger partial charge in [0.05, 0.1) is 0 Å². The van der Waals surface area contributed by atoms with Crippen LogP contribution in [0.15, 0.2) is 35.5 Å². The molecule has 110 valence electrons. The Labute approximate surface area is 119 Å². The minimum atomic E-state index is -0.586. The summed E-state index contributed by atoms with van der Waals surface area (Å²) in [5.74, 6) is -0.833. The van der Waals surface area contributed by atoms with Crippen molar-refractivity contribution in [3.8, 4) is 0 Å². The normalized spacial score (nSPS) is 13.2. The number of amidine groups is 1. The van der Waals surface area contributed by atoms with Gasteiger partial charge in [-0.15, -0.1) is 0 Å². The van der Waals surface area contributed by atoms with Gasteiger partial charge in [-0.3, -0.25) is 4.79 Å². The number of aryl methyl sites for hydroxylation is 1. The van der Waals surface area contributed by atoms with Crippen LogP contribution in [0.1, 0.15) is 25.8 Å². The largest absolute Gasteiger partial charge is 0.409 e. The van der Waals surface area contributed by atoms with Gasteiger partial charge in [-0.05, 0) is 24.3 Å². The van der Waals surface area contributed by atoms with E-state index in [9.17, 15) is 4.79 Å². The van der Waals surface area contributed by atoms with Crippen molar-refractivity contribution in [3.63, 3.8) is 0 Å². The van der Waals surface area contributed by atoms with Gasteiger partial charge >= 0.3 is 0 Å². The Kier molecular flexibility index (Phi) is 6.56. The van der Waals surface area contributed by atoms with Crippen molar-refractivity contribution in [2.24, 2.45) is 22.7 Å². The van der Waals surface area contributed by atoms with Crippen molar-refractivity contribution in [1.29, 1.82) is 0 Å². The van der Waals surface area contributed by atoms with E-state index in [4.69, 9.17) is 10.9 Å². The van der Waals surface area contributed by atoms with Crippen molar-refractivity contribution >= 4 is 11.7 Å². The quantitative estimate of drug-likeness (QED) is 0.233. The summed E-state index contributed by atoms with van der Waals surface area (Å²) in [6.07, 6.45) is 1.77. The Morgan fingerprint density at radius 3 is 2.55 bits per heavy atom. The Balaban J connectivity index is 2.38. The molecule has 0 fully saturated rings. The zero-order valence-corrected chi connectivity index (χ0v) is 12.0. The van der Waals surface area contributed by atoms with Crippen LogP contribution >= 0.6 is 0 Å². The number of rotatable bonds is 7. The van der Waals surface area contributed by atoms with Crippen LogP contribution in [0.2, 0.25) is 0 Å². The molecule has 0 saturated carbocycles. The van der Waals surface area contributed by atoms with Crippen LogP contribution < -0.4 is 11.1 Å². The fraction of sp³-hybridized carbons (Fsp3) is 0.467. The molecule has 4 N–H and O–H groups in total. The lowest BCUT2D eigenvalue weighted by atomic mass is 9.94. The number of hydrogen-bond donors (Lipinski definition) is 3. The number of nitrogens with two attached hydrogens (primary N) is 1. The van der Waals surface area contributed by atoms with Gasteiger partial charge in [0.1, 0.15) is 5.92 Å². The molecule has 1 aromatic rings. The maximum Gasteiger partial charge on any atom is 0.231 e. The summed E-state index contributed by atoms with van der Waals surface area (Å²) in [5.41, 5.74) is 6.80. The third-order valence-electron chi connectivity index (χ3n) is 3.17. The molecule has 0 heterocycles. The van der Waals surface area contributed by atoms with Gasteiger partial charge in [0, 0.05) is 6.54 Å². The zero-order chi connectivity index (χ0) is 15.0. The first-order chi connectivity index (χ1) is 9.56. The van der Waals surface area contributed by atoms with Crippen LogP contribution in [0.5, 0.6) is 0 Å². The summed E-state index contributed by atoms with van der Waals surface area (Å²) in [6, 6.07) is 10.1. The second-order valence-electron chi connectivity index (χ2n) is 5.13. The van der Waals surface area contributed by atoms with E-state index in [0.29, 0.717) is 6.54 Å². The second kappa shape index (κ2) is 8.19. The lowest BCUT2D eigenvalue weighted by molar-refractivity contribution is -0.124. The van der Waals surface area contributed by atoms with Crippen molar-refractivity contribution in [2.75, 3.05) is 6.54 Å². The maximum absolute atomic E-state index is 12.0. The van der Waals surface area contributed by atoms with E-state index in [2.05, 4.69) is 22.6 Å². The highest BCUT2D eigenvalue weighted by molar-refractivity contribution is 6.02. The highest BCUT2D eigenvalue weighted by atomic mass is 16.4. The van der Waals surface area contributed by atoms with Crippen LogP contribution in [-0.2, 0) is 11.2 Å². The molecular formula is C15H23N3O2. The van der Waals surface area contributed by atoms with E-state index >= 15 is 0 Å². The number of carbonyl (C=O) groups is 1. The van der Waals surface area contributed by atoms with Gasteiger partial charge in [-0.2, -0.15) is 0 Å². The van der Waals surface area contributed by atoms with Crippen LogP contribution in [0, 0.1) is 11.8 Å². The predicted molar refractivity (Wildman–Crippen MR) is 79.5 cm³/mol. The Morgan fingerprint density at radius 1 is 1.35 bits per heavy atom. The molecule has 1 atom stereocenters. The molecule has 0 aromatic heterocycles. The van der Waals surface area contributed by atoms with Crippen molar-refractivity contribution < 1.29 is 10.0 Å². The van der Waals surface area contributed by atoms with Gasteiger partial charge < -0.3 is 16.3 Å². The van der Waals surface area contributed by atoms with Crippen molar-refractivity contribution in [1.82, 2.24) is 5.32 Å². The standard InChI is InChI=1S/C15H23N3O2/c1-11(2)13(14(16)18-20)15(19)17-10-6-9-12-7-4-3-5-8-12/h3-5,7-8,11,13,20H,6,9-10H2,1-2H3,(H2,16,18)(H,17,19). The third kappa shape index (κ3) is 4.91. The van der Waals surface area contributed by atoms with E-state index in [0.717, 1.165) is 12.8 Å². The molecule has 1 amide bonds. The van der Waals surface area contributed by atoms with Gasteiger partial charge in [0.15, 0.2) is 5.84 Å². The van der Waals surface area contributed by atoms with E-state index in [1.807, 2.05) is 32.0 Å². The first kappa shape index (κ1) is 16.0. The van der Waals surface area contributed by atoms with E-state index in [-0.39, 0.29) is 17.7 Å². The van der Waals surface area contributed by atoms with Crippen LogP contribution in [-0.4, -0.2) is 23.5 Å². The smallest absolute Gasteiger partial charge is 0.231 e.